The van der Waals surface area contributed by atoms with Gasteiger partial charge < -0.3 is 45.2 Å². The second-order valence-corrected chi connectivity index (χ2v) is 15.2. The van der Waals surface area contributed by atoms with Crippen molar-refractivity contribution in [3.63, 3.8) is 0 Å². The highest BCUT2D eigenvalue weighted by Crippen LogP contribution is 2.43. The number of aliphatic hydroxyl groups excluding tert-OH is 1. The highest BCUT2D eigenvalue weighted by Gasteiger charge is 2.50. The maximum atomic E-state index is 13.8. The molecule has 6 rings (SSSR count). The van der Waals surface area contributed by atoms with Gasteiger partial charge in [0.25, 0.3) is 5.56 Å². The third-order valence-corrected chi connectivity index (χ3v) is 10.6. The molecule has 0 radical (unpaired) electrons. The molecule has 6 atom stereocenters. The van der Waals surface area contributed by atoms with Crippen molar-refractivity contribution < 1.29 is 43.2 Å². The highest BCUT2D eigenvalue weighted by molar-refractivity contribution is 5.91. The van der Waals surface area contributed by atoms with Gasteiger partial charge in [0, 0.05) is 18.7 Å². The minimum atomic E-state index is -1.62. The van der Waals surface area contributed by atoms with Gasteiger partial charge in [-0.25, -0.2) is 9.59 Å². The fourth-order valence-electron chi connectivity index (χ4n) is 7.46. The predicted molar refractivity (Wildman–Crippen MR) is 227 cm³/mol. The van der Waals surface area contributed by atoms with Crippen LogP contribution in [0.5, 0.6) is 11.5 Å². The van der Waals surface area contributed by atoms with E-state index < -0.39 is 71.4 Å². The van der Waals surface area contributed by atoms with Crippen molar-refractivity contribution in [2.75, 3.05) is 20.8 Å². The summed E-state index contributed by atoms with van der Waals surface area (Å²) >= 11 is 0. The number of carbonyl (C=O) groups is 3. The Morgan fingerprint density at radius 3 is 1.90 bits per heavy atom. The van der Waals surface area contributed by atoms with Crippen LogP contribution in [0.3, 0.4) is 0 Å². The molecule has 1 aliphatic heterocycles. The van der Waals surface area contributed by atoms with Crippen LogP contribution < -0.4 is 37.1 Å². The number of aromatic amines is 1. The number of aromatic nitrogens is 2. The molecule has 5 aromatic rings. The van der Waals surface area contributed by atoms with Gasteiger partial charge in [0.2, 0.25) is 11.8 Å². The number of hydrogen-bond acceptors (Lipinski definition) is 11. The van der Waals surface area contributed by atoms with E-state index in [2.05, 4.69) is 15.6 Å². The first-order chi connectivity index (χ1) is 29.8. The maximum Gasteiger partial charge on any atom is 0.408 e. The number of benzene rings is 4. The number of nitrogens with zero attached hydrogens (tertiary/aromatic N) is 1. The first kappa shape index (κ1) is 44.8. The predicted octanol–water partition coefficient (Wildman–Crippen LogP) is 3.54. The molecule has 2 heterocycles. The van der Waals surface area contributed by atoms with Crippen LogP contribution >= 0.6 is 0 Å². The number of primary amides is 1. The summed E-state index contributed by atoms with van der Waals surface area (Å²) in [5, 5.41) is 17.2. The SMILES string of the molecule is COc1ccc(C(OC[C@H]2O[C@@H](n3ccc(=O)[nH]c3=O)[C@H](OC(=O)N[C@@H](CC(C)C)C(=O)N[C@@H](Cc3ccccc3)C(N)=O)[C@@H]2O)(c2ccccc2)c2ccc(OC)cc2)cc1. The van der Waals surface area contributed by atoms with Gasteiger partial charge in [0.15, 0.2) is 12.3 Å². The Kier molecular flexibility index (Phi) is 14.6. The molecule has 326 valence electrons. The lowest BCUT2D eigenvalue weighted by molar-refractivity contribution is -0.128. The monoisotopic (exact) mass is 849 g/mol. The zero-order valence-corrected chi connectivity index (χ0v) is 34.8. The zero-order valence-electron chi connectivity index (χ0n) is 34.8. The van der Waals surface area contributed by atoms with Crippen LogP contribution in [0.1, 0.15) is 48.8 Å². The zero-order chi connectivity index (χ0) is 44.4. The van der Waals surface area contributed by atoms with Crippen LogP contribution in [0.25, 0.3) is 0 Å². The fraction of sp³-hybridized carbons (Fsp3) is 0.326. The normalized spacial score (nSPS) is 18.4. The van der Waals surface area contributed by atoms with E-state index in [9.17, 15) is 29.1 Å². The molecule has 3 amide bonds. The topological polar surface area (TPSA) is 223 Å². The molecule has 0 bridgehead atoms. The lowest BCUT2D eigenvalue weighted by Gasteiger charge is -2.37. The second kappa shape index (κ2) is 20.2. The van der Waals surface area contributed by atoms with E-state index >= 15 is 0 Å². The number of aliphatic hydroxyl groups is 1. The number of nitrogens with two attached hydrogens (primary N) is 1. The van der Waals surface area contributed by atoms with Crippen molar-refractivity contribution in [1.29, 1.82) is 0 Å². The largest absolute Gasteiger partial charge is 0.497 e. The molecule has 0 spiro atoms. The number of H-pyrrole nitrogens is 1. The van der Waals surface area contributed by atoms with Gasteiger partial charge in [-0.2, -0.15) is 0 Å². The Labute approximate surface area is 357 Å². The van der Waals surface area contributed by atoms with Crippen molar-refractivity contribution in [2.45, 2.75) is 68.9 Å². The van der Waals surface area contributed by atoms with Crippen molar-refractivity contribution in [3.8, 4) is 11.5 Å². The van der Waals surface area contributed by atoms with Crippen LogP contribution in [0, 0.1) is 5.92 Å². The lowest BCUT2D eigenvalue weighted by Crippen LogP contribution is -2.54. The Morgan fingerprint density at radius 2 is 1.37 bits per heavy atom. The van der Waals surface area contributed by atoms with Crippen LogP contribution in [0.2, 0.25) is 0 Å². The molecular weight excluding hydrogens is 799 g/mol. The number of amides is 3. The third-order valence-electron chi connectivity index (χ3n) is 10.6. The summed E-state index contributed by atoms with van der Waals surface area (Å²) in [6.45, 7) is 3.36. The van der Waals surface area contributed by atoms with Gasteiger partial charge in [-0.05, 0) is 58.9 Å². The Balaban J connectivity index is 1.30. The lowest BCUT2D eigenvalue weighted by atomic mass is 9.80. The number of nitrogens with one attached hydrogen (secondary N) is 3. The van der Waals surface area contributed by atoms with E-state index in [1.807, 2.05) is 74.5 Å². The van der Waals surface area contributed by atoms with E-state index in [-0.39, 0.29) is 25.4 Å². The minimum absolute atomic E-state index is 0.108. The van der Waals surface area contributed by atoms with E-state index in [0.717, 1.165) is 28.0 Å². The molecule has 16 nitrogen and oxygen atoms in total. The number of ether oxygens (including phenoxy) is 5. The maximum absolute atomic E-state index is 13.8. The second-order valence-electron chi connectivity index (χ2n) is 15.2. The smallest absolute Gasteiger partial charge is 0.408 e. The number of rotatable bonds is 18. The molecule has 0 unspecified atom stereocenters. The molecule has 6 N–H and O–H groups in total. The molecule has 1 aromatic heterocycles. The summed E-state index contributed by atoms with van der Waals surface area (Å²) < 4.78 is 31.0. The van der Waals surface area contributed by atoms with Crippen molar-refractivity contribution in [3.05, 3.63) is 165 Å². The molecule has 1 fully saturated rings. The molecule has 16 heteroatoms. The van der Waals surface area contributed by atoms with Gasteiger partial charge in [0.1, 0.15) is 41.4 Å². The quantitative estimate of drug-likeness (QED) is 0.0803. The first-order valence-electron chi connectivity index (χ1n) is 20.1. The fourth-order valence-corrected chi connectivity index (χ4v) is 7.46. The first-order valence-corrected chi connectivity index (χ1v) is 20.1. The third kappa shape index (κ3) is 10.4. The van der Waals surface area contributed by atoms with Gasteiger partial charge >= 0.3 is 11.8 Å². The summed E-state index contributed by atoms with van der Waals surface area (Å²) in [5.41, 5.74) is 5.62. The van der Waals surface area contributed by atoms with Crippen molar-refractivity contribution in [2.24, 2.45) is 11.7 Å². The summed E-state index contributed by atoms with van der Waals surface area (Å²) in [6, 6.07) is 31.8. The number of alkyl carbamates (subject to hydrolysis) is 1. The number of hydrogen-bond donors (Lipinski definition) is 5. The van der Waals surface area contributed by atoms with Gasteiger partial charge in [-0.15, -0.1) is 0 Å². The molecule has 0 saturated carbocycles. The molecule has 4 aromatic carbocycles. The van der Waals surface area contributed by atoms with E-state index in [1.54, 1.807) is 62.8 Å². The molecule has 0 aliphatic carbocycles. The van der Waals surface area contributed by atoms with Gasteiger partial charge in [0.05, 0.1) is 20.8 Å². The van der Waals surface area contributed by atoms with Crippen LogP contribution in [-0.2, 0) is 35.8 Å². The van der Waals surface area contributed by atoms with Gasteiger partial charge in [-0.1, -0.05) is 98.8 Å². The average molecular weight is 850 g/mol. The summed E-state index contributed by atoms with van der Waals surface area (Å²) in [7, 11) is 3.12. The van der Waals surface area contributed by atoms with E-state index in [0.29, 0.717) is 22.6 Å². The molecular formula is C46H51N5O11. The van der Waals surface area contributed by atoms with E-state index in [1.165, 1.54) is 0 Å². The molecule has 1 saturated heterocycles. The summed E-state index contributed by atoms with van der Waals surface area (Å²) in [5.74, 6) is -0.339. The van der Waals surface area contributed by atoms with E-state index in [4.69, 9.17) is 29.4 Å². The van der Waals surface area contributed by atoms with Crippen molar-refractivity contribution in [1.82, 2.24) is 20.2 Å². The summed E-state index contributed by atoms with van der Waals surface area (Å²) in [4.78, 5) is 67.3. The number of carbonyl (C=O) groups excluding carboxylic acids is 3. The van der Waals surface area contributed by atoms with Crippen LogP contribution in [0.4, 0.5) is 4.79 Å². The standard InChI is InChI=1S/C46H51N5O11/c1-28(2)25-36(42(55)48-35(41(47)54)26-29-11-7-5-8-12-29)49-45(57)62-40-39(53)37(61-43(40)51-24-23-38(52)50-44(51)56)27-60-46(30-13-9-6-10-14-30,31-15-19-33(58-3)20-16-31)32-17-21-34(59-4)22-18-32/h5-24,28,35-37,39-40,43,53H,25-27H2,1-4H3,(H2,47,54)(H,48,55)(H,49,57)(H,50,52,56)/t35-,36-,37+,39+,40+,43+/m0/s1. The van der Waals surface area contributed by atoms with Crippen LogP contribution in [-0.4, -0.2) is 83.8 Å². The van der Waals surface area contributed by atoms with Gasteiger partial charge in [-0.3, -0.25) is 23.9 Å². The average Bonchev–Trinajstić information content (AvgIpc) is 3.57. The number of methoxy groups -OCH3 is 2. The summed E-state index contributed by atoms with van der Waals surface area (Å²) in [6.07, 6.45) is -5.61. The Morgan fingerprint density at radius 1 is 0.806 bits per heavy atom. The molecule has 1 aliphatic rings. The highest BCUT2D eigenvalue weighted by atomic mass is 16.6. The molecule has 62 heavy (non-hydrogen) atoms. The minimum Gasteiger partial charge on any atom is -0.497 e. The van der Waals surface area contributed by atoms with Crippen molar-refractivity contribution >= 4 is 17.9 Å². The Hall–Kier alpha value is -6.75. The van der Waals surface area contributed by atoms with Crippen LogP contribution in [0.15, 0.2) is 131 Å². The Bertz CT molecular complexity index is 2340.